The van der Waals surface area contributed by atoms with Gasteiger partial charge in [0.2, 0.25) is 0 Å². The van der Waals surface area contributed by atoms with Gasteiger partial charge < -0.3 is 0 Å². The predicted molar refractivity (Wildman–Crippen MR) is 57.7 cm³/mol. The van der Waals surface area contributed by atoms with Crippen LogP contribution in [0.5, 0.6) is 0 Å². The van der Waals surface area contributed by atoms with E-state index in [0.29, 0.717) is 6.07 Å². The van der Waals surface area contributed by atoms with Gasteiger partial charge in [-0.15, -0.1) is 0 Å². The van der Waals surface area contributed by atoms with Gasteiger partial charge in [-0.05, 0) is 24.1 Å². The lowest BCUT2D eigenvalue weighted by Gasteiger charge is -2.07. The SMILES string of the molecule is [NH]CCc1ccc(S(=O)(=O)O)cc1S(=O)(=O)O. The number of nitrogens with one attached hydrogen (secondary N) is 1. The summed E-state index contributed by atoms with van der Waals surface area (Å²) in [7, 11) is -9.14. The van der Waals surface area contributed by atoms with Crippen LogP contribution in [-0.2, 0) is 26.7 Å². The summed E-state index contributed by atoms with van der Waals surface area (Å²) in [5, 5.41) is 0. The first-order valence-corrected chi connectivity index (χ1v) is 7.27. The number of hydrogen-bond donors (Lipinski definition) is 2. The van der Waals surface area contributed by atoms with Crippen molar-refractivity contribution in [3.63, 3.8) is 0 Å². The molecule has 0 aliphatic carbocycles. The Bertz CT molecular complexity index is 619. The highest BCUT2D eigenvalue weighted by Gasteiger charge is 2.19. The Labute approximate surface area is 98.8 Å². The molecule has 0 spiro atoms. The van der Waals surface area contributed by atoms with E-state index >= 15 is 0 Å². The van der Waals surface area contributed by atoms with Crippen molar-refractivity contribution in [2.45, 2.75) is 16.2 Å². The van der Waals surface area contributed by atoms with Crippen LogP contribution in [0.2, 0.25) is 0 Å². The Morgan fingerprint density at radius 3 is 2.06 bits per heavy atom. The third-order valence-electron chi connectivity index (χ3n) is 2.01. The highest BCUT2D eigenvalue weighted by atomic mass is 32.2. The summed E-state index contributed by atoms with van der Waals surface area (Å²) in [6.45, 7) is -0.117. The second kappa shape index (κ2) is 4.70. The standard InChI is InChI=1S/C8H10NO6S2/c9-4-3-6-1-2-7(16(10,11)12)5-8(6)17(13,14)15/h1-2,5,9H,3-4H2,(H,10,11,12)(H,13,14,15). The molecule has 1 aromatic rings. The van der Waals surface area contributed by atoms with E-state index in [1.54, 1.807) is 0 Å². The van der Waals surface area contributed by atoms with E-state index in [9.17, 15) is 16.8 Å². The minimum atomic E-state index is -4.60. The van der Waals surface area contributed by atoms with Crippen molar-refractivity contribution in [2.75, 3.05) is 6.54 Å². The van der Waals surface area contributed by atoms with E-state index in [0.717, 1.165) is 12.1 Å². The molecule has 1 rings (SSSR count). The molecule has 0 amide bonds. The van der Waals surface area contributed by atoms with Crippen molar-refractivity contribution in [3.8, 4) is 0 Å². The minimum absolute atomic E-state index is 0.0425. The molecule has 0 saturated heterocycles. The molecular formula is C8H10NO6S2. The average molecular weight is 280 g/mol. The van der Waals surface area contributed by atoms with Crippen molar-refractivity contribution >= 4 is 20.2 Å². The fourth-order valence-electron chi connectivity index (χ4n) is 1.28. The van der Waals surface area contributed by atoms with Gasteiger partial charge in [0.15, 0.2) is 0 Å². The van der Waals surface area contributed by atoms with E-state index in [1.807, 2.05) is 0 Å². The number of benzene rings is 1. The highest BCUT2D eigenvalue weighted by Crippen LogP contribution is 2.20. The van der Waals surface area contributed by atoms with E-state index in [1.165, 1.54) is 0 Å². The lowest BCUT2D eigenvalue weighted by atomic mass is 10.1. The summed E-state index contributed by atoms with van der Waals surface area (Å²) in [4.78, 5) is -1.24. The molecule has 0 fully saturated rings. The van der Waals surface area contributed by atoms with Gasteiger partial charge in [-0.3, -0.25) is 14.8 Å². The van der Waals surface area contributed by atoms with Crippen LogP contribution in [0.1, 0.15) is 5.56 Å². The van der Waals surface area contributed by atoms with Crippen LogP contribution in [0.15, 0.2) is 28.0 Å². The van der Waals surface area contributed by atoms with Gasteiger partial charge in [0.1, 0.15) is 0 Å². The molecule has 17 heavy (non-hydrogen) atoms. The van der Waals surface area contributed by atoms with Crippen molar-refractivity contribution in [2.24, 2.45) is 0 Å². The topological polar surface area (TPSA) is 133 Å². The maximum Gasteiger partial charge on any atom is 0.294 e. The summed E-state index contributed by atoms with van der Waals surface area (Å²) in [5.41, 5.74) is 7.09. The van der Waals surface area contributed by atoms with Crippen molar-refractivity contribution < 1.29 is 25.9 Å². The Kier molecular flexibility index (Phi) is 3.89. The monoisotopic (exact) mass is 280 g/mol. The molecule has 3 N–H and O–H groups in total. The van der Waals surface area contributed by atoms with Gasteiger partial charge >= 0.3 is 0 Å². The minimum Gasteiger partial charge on any atom is -0.282 e. The maximum absolute atomic E-state index is 11.0. The normalized spacial score (nSPS) is 12.6. The molecule has 0 aliphatic rings. The lowest BCUT2D eigenvalue weighted by Crippen LogP contribution is -2.08. The molecule has 1 radical (unpaired) electrons. The molecule has 1 aromatic carbocycles. The first-order chi connectivity index (χ1) is 7.66. The smallest absolute Gasteiger partial charge is 0.282 e. The van der Waals surface area contributed by atoms with Crippen LogP contribution in [-0.4, -0.2) is 32.5 Å². The Hall–Kier alpha value is -1.00. The molecule has 95 valence electrons. The summed E-state index contributed by atoms with van der Waals surface area (Å²) in [6, 6.07) is 2.81. The van der Waals surface area contributed by atoms with Crippen LogP contribution >= 0.6 is 0 Å². The van der Waals surface area contributed by atoms with Crippen LogP contribution < -0.4 is 5.73 Å². The zero-order valence-electron chi connectivity index (χ0n) is 8.49. The molecule has 0 saturated carbocycles. The highest BCUT2D eigenvalue weighted by molar-refractivity contribution is 7.86. The largest absolute Gasteiger partial charge is 0.294 e. The third-order valence-corrected chi connectivity index (χ3v) is 3.79. The quantitative estimate of drug-likeness (QED) is 0.746. The van der Waals surface area contributed by atoms with Gasteiger partial charge in [0, 0.05) is 6.54 Å². The van der Waals surface area contributed by atoms with E-state index < -0.39 is 30.0 Å². The van der Waals surface area contributed by atoms with Gasteiger partial charge in [0.25, 0.3) is 20.2 Å². The summed E-state index contributed by atoms with van der Waals surface area (Å²) >= 11 is 0. The van der Waals surface area contributed by atoms with Crippen LogP contribution in [0.4, 0.5) is 0 Å². The summed E-state index contributed by atoms with van der Waals surface area (Å²) in [5.74, 6) is 0. The molecule has 7 nitrogen and oxygen atoms in total. The molecule has 0 bridgehead atoms. The van der Waals surface area contributed by atoms with Crippen molar-refractivity contribution in [3.05, 3.63) is 23.8 Å². The second-order valence-electron chi connectivity index (χ2n) is 3.22. The first-order valence-electron chi connectivity index (χ1n) is 4.39. The Morgan fingerprint density at radius 1 is 1.06 bits per heavy atom. The number of rotatable bonds is 4. The molecular weight excluding hydrogens is 270 g/mol. The molecule has 9 heteroatoms. The molecule has 0 unspecified atom stereocenters. The molecule has 0 heterocycles. The first kappa shape index (κ1) is 14.1. The summed E-state index contributed by atoms with van der Waals surface area (Å²) < 4.78 is 61.4. The zero-order valence-corrected chi connectivity index (χ0v) is 10.1. The van der Waals surface area contributed by atoms with Crippen LogP contribution in [0.3, 0.4) is 0 Å². The Morgan fingerprint density at radius 2 is 1.65 bits per heavy atom. The lowest BCUT2D eigenvalue weighted by molar-refractivity contribution is 0.480. The van der Waals surface area contributed by atoms with E-state index in [4.69, 9.17) is 14.8 Å². The fraction of sp³-hybridized carbons (Fsp3) is 0.250. The van der Waals surface area contributed by atoms with Crippen LogP contribution in [0, 0.1) is 0 Å². The van der Waals surface area contributed by atoms with Crippen molar-refractivity contribution in [1.29, 1.82) is 0 Å². The molecule has 0 atom stereocenters. The summed E-state index contributed by atoms with van der Waals surface area (Å²) in [6.07, 6.45) is 0.0425. The second-order valence-corrected chi connectivity index (χ2v) is 6.03. The zero-order chi connectivity index (χ0) is 13.3. The van der Waals surface area contributed by atoms with Crippen LogP contribution in [0.25, 0.3) is 0 Å². The average Bonchev–Trinajstić information content (AvgIpc) is 2.15. The van der Waals surface area contributed by atoms with E-state index in [-0.39, 0.29) is 18.5 Å². The third kappa shape index (κ3) is 3.48. The van der Waals surface area contributed by atoms with Gasteiger partial charge in [-0.2, -0.15) is 16.8 Å². The predicted octanol–water partition coefficient (Wildman–Crippen LogP) is 0.00540. The van der Waals surface area contributed by atoms with Gasteiger partial charge in [0.05, 0.1) is 9.79 Å². The molecule has 0 aliphatic heterocycles. The van der Waals surface area contributed by atoms with Gasteiger partial charge in [-0.1, -0.05) is 6.07 Å². The van der Waals surface area contributed by atoms with Crippen molar-refractivity contribution in [1.82, 2.24) is 5.73 Å². The van der Waals surface area contributed by atoms with E-state index in [2.05, 4.69) is 0 Å². The Balaban J connectivity index is 3.51. The maximum atomic E-state index is 11.0. The molecule has 0 aromatic heterocycles. The van der Waals surface area contributed by atoms with Gasteiger partial charge in [-0.25, -0.2) is 0 Å². The number of hydrogen-bond acceptors (Lipinski definition) is 4. The fourth-order valence-corrected chi connectivity index (χ4v) is 2.64.